The third kappa shape index (κ3) is 5.32. The highest BCUT2D eigenvalue weighted by molar-refractivity contribution is 6.25. The van der Waals surface area contributed by atoms with Crippen molar-refractivity contribution < 1.29 is 14.4 Å². The lowest BCUT2D eigenvalue weighted by Crippen LogP contribution is -2.52. The van der Waals surface area contributed by atoms with Crippen molar-refractivity contribution in [1.29, 1.82) is 0 Å². The SMILES string of the molecule is O=C(CN1CCN(CCN2C(=O)c3cccc4cccc(c34)C2=O)CC1)NCCCc1ccccc1. The summed E-state index contributed by atoms with van der Waals surface area (Å²) in [5, 5.41) is 4.71. The number of aryl methyl sites for hydroxylation is 1. The average Bonchev–Trinajstić information content (AvgIpc) is 2.91. The molecule has 2 aliphatic rings. The summed E-state index contributed by atoms with van der Waals surface area (Å²) in [6.07, 6.45) is 1.89. The van der Waals surface area contributed by atoms with Gasteiger partial charge < -0.3 is 5.32 Å². The number of nitrogens with zero attached hydrogens (tertiary/aromatic N) is 3. The molecule has 1 N–H and O–H groups in total. The number of hydrogen-bond acceptors (Lipinski definition) is 5. The van der Waals surface area contributed by atoms with Crippen LogP contribution in [0.1, 0.15) is 32.7 Å². The van der Waals surface area contributed by atoms with E-state index in [1.54, 1.807) is 12.1 Å². The molecular weight excluding hydrogens is 452 g/mol. The number of benzene rings is 3. The number of rotatable bonds is 9. The molecule has 1 saturated heterocycles. The predicted molar refractivity (Wildman–Crippen MR) is 140 cm³/mol. The van der Waals surface area contributed by atoms with Gasteiger partial charge in [-0.15, -0.1) is 0 Å². The summed E-state index contributed by atoms with van der Waals surface area (Å²) in [4.78, 5) is 44.3. The van der Waals surface area contributed by atoms with E-state index in [1.807, 2.05) is 42.5 Å². The number of nitrogens with one attached hydrogen (secondary N) is 1. The molecule has 3 aromatic rings. The van der Waals surface area contributed by atoms with E-state index in [0.29, 0.717) is 37.3 Å². The van der Waals surface area contributed by atoms with E-state index in [1.165, 1.54) is 10.5 Å². The maximum absolute atomic E-state index is 13.1. The highest BCUT2D eigenvalue weighted by Gasteiger charge is 2.32. The van der Waals surface area contributed by atoms with Crippen LogP contribution < -0.4 is 5.32 Å². The largest absolute Gasteiger partial charge is 0.355 e. The first kappa shape index (κ1) is 24.2. The molecule has 0 saturated carbocycles. The molecule has 2 heterocycles. The zero-order valence-electron chi connectivity index (χ0n) is 20.5. The van der Waals surface area contributed by atoms with E-state index in [0.717, 1.165) is 49.8 Å². The van der Waals surface area contributed by atoms with E-state index in [2.05, 4.69) is 27.2 Å². The Hall–Kier alpha value is -3.55. The Balaban J connectivity index is 1.05. The van der Waals surface area contributed by atoms with Gasteiger partial charge in [-0.2, -0.15) is 0 Å². The second-order valence-electron chi connectivity index (χ2n) is 9.53. The molecule has 0 radical (unpaired) electrons. The monoisotopic (exact) mass is 484 g/mol. The van der Waals surface area contributed by atoms with Crippen molar-refractivity contribution in [3.63, 3.8) is 0 Å². The third-order valence-electron chi connectivity index (χ3n) is 7.14. The zero-order valence-corrected chi connectivity index (χ0v) is 20.5. The van der Waals surface area contributed by atoms with E-state index in [4.69, 9.17) is 0 Å². The Labute approximate surface area is 211 Å². The molecule has 0 bridgehead atoms. The van der Waals surface area contributed by atoms with Crippen molar-refractivity contribution in [2.45, 2.75) is 12.8 Å². The van der Waals surface area contributed by atoms with Gasteiger partial charge in [0, 0.05) is 62.3 Å². The predicted octanol–water partition coefficient (Wildman–Crippen LogP) is 2.80. The number of carbonyl (C=O) groups is 3. The van der Waals surface area contributed by atoms with Gasteiger partial charge in [-0.3, -0.25) is 29.1 Å². The minimum Gasteiger partial charge on any atom is -0.355 e. The molecule has 0 aromatic heterocycles. The topological polar surface area (TPSA) is 73.0 Å². The molecule has 3 aromatic carbocycles. The van der Waals surface area contributed by atoms with Crippen LogP contribution >= 0.6 is 0 Å². The Morgan fingerprint density at radius 1 is 0.750 bits per heavy atom. The van der Waals surface area contributed by atoms with Crippen molar-refractivity contribution in [1.82, 2.24) is 20.0 Å². The zero-order chi connectivity index (χ0) is 24.9. The van der Waals surface area contributed by atoms with Gasteiger partial charge in [0.1, 0.15) is 0 Å². The van der Waals surface area contributed by atoms with Gasteiger partial charge in [0.15, 0.2) is 0 Å². The van der Waals surface area contributed by atoms with Gasteiger partial charge in [-0.05, 0) is 35.9 Å². The number of hydrogen-bond donors (Lipinski definition) is 1. The molecule has 2 aliphatic heterocycles. The summed E-state index contributed by atoms with van der Waals surface area (Å²) in [5.41, 5.74) is 2.49. The molecule has 36 heavy (non-hydrogen) atoms. The van der Waals surface area contributed by atoms with E-state index < -0.39 is 0 Å². The van der Waals surface area contributed by atoms with Crippen LogP contribution in [0, 0.1) is 0 Å². The summed E-state index contributed by atoms with van der Waals surface area (Å²) in [5.74, 6) is -0.368. The van der Waals surface area contributed by atoms with Crippen LogP contribution in [0.15, 0.2) is 66.7 Å². The Morgan fingerprint density at radius 3 is 2.06 bits per heavy atom. The lowest BCUT2D eigenvalue weighted by molar-refractivity contribution is -0.122. The normalized spacial score (nSPS) is 16.5. The molecule has 7 nitrogen and oxygen atoms in total. The Bertz CT molecular complexity index is 1200. The van der Waals surface area contributed by atoms with Crippen molar-refractivity contribution in [3.8, 4) is 0 Å². The lowest BCUT2D eigenvalue weighted by Gasteiger charge is -2.35. The number of carbonyl (C=O) groups excluding carboxylic acids is 3. The molecule has 0 spiro atoms. The number of imide groups is 1. The lowest BCUT2D eigenvalue weighted by atomic mass is 9.94. The van der Waals surface area contributed by atoms with Crippen LogP contribution in [0.25, 0.3) is 10.8 Å². The maximum Gasteiger partial charge on any atom is 0.261 e. The first-order chi connectivity index (χ1) is 17.6. The van der Waals surface area contributed by atoms with Crippen LogP contribution in [0.3, 0.4) is 0 Å². The molecule has 7 heteroatoms. The molecule has 0 aliphatic carbocycles. The van der Waals surface area contributed by atoms with E-state index in [-0.39, 0.29) is 17.7 Å². The van der Waals surface area contributed by atoms with Crippen molar-refractivity contribution in [2.24, 2.45) is 0 Å². The fourth-order valence-corrected chi connectivity index (χ4v) is 5.12. The first-order valence-electron chi connectivity index (χ1n) is 12.7. The molecule has 0 unspecified atom stereocenters. The summed E-state index contributed by atoms with van der Waals surface area (Å²) in [7, 11) is 0. The van der Waals surface area contributed by atoms with E-state index >= 15 is 0 Å². The van der Waals surface area contributed by atoms with Gasteiger partial charge >= 0.3 is 0 Å². The summed E-state index contributed by atoms with van der Waals surface area (Å²) < 4.78 is 0. The van der Waals surface area contributed by atoms with Gasteiger partial charge in [0.05, 0.1) is 6.54 Å². The van der Waals surface area contributed by atoms with Crippen LogP contribution in [0.5, 0.6) is 0 Å². The molecule has 5 rings (SSSR count). The highest BCUT2D eigenvalue weighted by Crippen LogP contribution is 2.29. The van der Waals surface area contributed by atoms with Crippen LogP contribution in [-0.4, -0.2) is 84.8 Å². The Morgan fingerprint density at radius 2 is 1.39 bits per heavy atom. The second-order valence-corrected chi connectivity index (χ2v) is 9.53. The second kappa shape index (κ2) is 11.0. The smallest absolute Gasteiger partial charge is 0.261 e. The van der Waals surface area contributed by atoms with Gasteiger partial charge in [-0.1, -0.05) is 54.6 Å². The molecule has 3 amide bonds. The first-order valence-corrected chi connectivity index (χ1v) is 12.7. The quantitative estimate of drug-likeness (QED) is 0.374. The average molecular weight is 485 g/mol. The van der Waals surface area contributed by atoms with Gasteiger partial charge in [-0.25, -0.2) is 0 Å². The summed E-state index contributed by atoms with van der Waals surface area (Å²) in [6, 6.07) is 21.5. The van der Waals surface area contributed by atoms with Crippen molar-refractivity contribution in [3.05, 3.63) is 83.4 Å². The van der Waals surface area contributed by atoms with Gasteiger partial charge in [0.2, 0.25) is 5.91 Å². The fraction of sp³-hybridized carbons (Fsp3) is 0.345. The summed E-state index contributed by atoms with van der Waals surface area (Å²) >= 11 is 0. The standard InChI is InChI=1S/C29H32N4O3/c34-26(30-14-6-9-22-7-2-1-3-8-22)21-32-17-15-31(16-18-32)19-20-33-28(35)24-12-4-10-23-11-5-13-25(27(23)24)29(33)36/h1-5,7-8,10-13H,6,9,14-21H2,(H,30,34). The van der Waals surface area contributed by atoms with Crippen molar-refractivity contribution in [2.75, 3.05) is 52.4 Å². The molecular formula is C29H32N4O3. The Kier molecular flexibility index (Phi) is 7.39. The molecule has 1 fully saturated rings. The molecule has 186 valence electrons. The van der Waals surface area contributed by atoms with Crippen LogP contribution in [-0.2, 0) is 11.2 Å². The minimum atomic E-state index is -0.216. The number of piperazine rings is 1. The third-order valence-corrected chi connectivity index (χ3v) is 7.14. The van der Waals surface area contributed by atoms with Gasteiger partial charge in [0.25, 0.3) is 11.8 Å². The van der Waals surface area contributed by atoms with Crippen LogP contribution in [0.4, 0.5) is 0 Å². The fourth-order valence-electron chi connectivity index (χ4n) is 5.12. The van der Waals surface area contributed by atoms with Crippen LogP contribution in [0.2, 0.25) is 0 Å². The molecule has 0 atom stereocenters. The maximum atomic E-state index is 13.1. The van der Waals surface area contributed by atoms with Crippen molar-refractivity contribution >= 4 is 28.5 Å². The number of amides is 3. The van der Waals surface area contributed by atoms with E-state index in [9.17, 15) is 14.4 Å². The summed E-state index contributed by atoms with van der Waals surface area (Å²) in [6.45, 7) is 5.29. The minimum absolute atomic E-state index is 0.0638. The highest BCUT2D eigenvalue weighted by atomic mass is 16.2.